The third-order valence-corrected chi connectivity index (χ3v) is 3.99. The highest BCUT2D eigenvalue weighted by atomic mass is 16.5. The Morgan fingerprint density at radius 3 is 2.71 bits per heavy atom. The van der Waals surface area contributed by atoms with Crippen molar-refractivity contribution >= 4 is 18.1 Å². The number of pyridine rings is 1. The minimum absolute atomic E-state index is 0.102. The normalized spacial score (nSPS) is 12.6. The first-order valence-corrected chi connectivity index (χ1v) is 8.12. The lowest BCUT2D eigenvalue weighted by molar-refractivity contribution is -0.155. The second-order valence-corrected chi connectivity index (χ2v) is 6.94. The van der Waals surface area contributed by atoms with Gasteiger partial charge in [0.15, 0.2) is 0 Å². The third-order valence-electron chi connectivity index (χ3n) is 3.99. The van der Waals surface area contributed by atoms with E-state index in [4.69, 9.17) is 5.84 Å². The van der Waals surface area contributed by atoms with Gasteiger partial charge >= 0.3 is 0 Å². The minimum atomic E-state index is -0.617. The Balaban J connectivity index is 2.99. The number of hydrogen-bond donors (Lipinski definition) is 2. The number of hydrogen-bond acceptors (Lipinski definition) is 5. The van der Waals surface area contributed by atoms with E-state index in [-0.39, 0.29) is 17.9 Å². The molecule has 3 N–H and O–H groups in total. The number of carbonyl (C=O) groups excluding carboxylic acids is 2. The van der Waals surface area contributed by atoms with Crippen LogP contribution in [0.3, 0.4) is 0 Å². The number of anilines is 1. The van der Waals surface area contributed by atoms with Gasteiger partial charge in [-0.3, -0.25) is 14.8 Å². The van der Waals surface area contributed by atoms with E-state index in [1.54, 1.807) is 12.3 Å². The van der Waals surface area contributed by atoms with Crippen LogP contribution in [-0.4, -0.2) is 34.1 Å². The Hall–Kier alpha value is -1.99. The van der Waals surface area contributed by atoms with E-state index in [1.807, 2.05) is 13.0 Å². The third kappa shape index (κ3) is 5.90. The summed E-state index contributed by atoms with van der Waals surface area (Å²) < 4.78 is 0. The molecular formula is C17H28N4O3. The first kappa shape index (κ1) is 20.1. The van der Waals surface area contributed by atoms with Gasteiger partial charge in [-0.05, 0) is 42.9 Å². The molecule has 0 aliphatic rings. The summed E-state index contributed by atoms with van der Waals surface area (Å²) in [6.07, 6.45) is 4.29. The molecule has 0 aromatic carbocycles. The van der Waals surface area contributed by atoms with E-state index in [0.29, 0.717) is 23.7 Å². The molecule has 1 atom stereocenters. The van der Waals surface area contributed by atoms with E-state index >= 15 is 0 Å². The predicted octanol–water partition coefficient (Wildman–Crippen LogP) is 2.28. The molecule has 0 aliphatic heterocycles. The van der Waals surface area contributed by atoms with Gasteiger partial charge < -0.3 is 0 Å². The molecule has 1 unspecified atom stereocenters. The zero-order chi connectivity index (χ0) is 18.3. The molecule has 0 spiro atoms. The number of aryl methyl sites for hydroxylation is 1. The van der Waals surface area contributed by atoms with Crippen LogP contribution < -0.4 is 10.9 Å². The zero-order valence-electron chi connectivity index (χ0n) is 14.9. The Labute approximate surface area is 143 Å². The Morgan fingerprint density at radius 1 is 1.50 bits per heavy atom. The van der Waals surface area contributed by atoms with Crippen molar-refractivity contribution in [1.29, 1.82) is 0 Å². The standard InChI is InChI=1S/C17H28N4O3/c1-5-7-17(3,4)10-14(11-20(24)12-22)16(23)21(18)15-9-13(2)6-8-19-15/h6,8-9,12,14,24H,5,7,10-11,18H2,1-4H3. The van der Waals surface area contributed by atoms with Gasteiger partial charge in [-0.1, -0.05) is 27.2 Å². The lowest BCUT2D eigenvalue weighted by Crippen LogP contribution is -2.46. The molecule has 0 radical (unpaired) electrons. The van der Waals surface area contributed by atoms with Crippen LogP contribution >= 0.6 is 0 Å². The molecule has 7 nitrogen and oxygen atoms in total. The van der Waals surface area contributed by atoms with Crippen LogP contribution in [0.5, 0.6) is 0 Å². The van der Waals surface area contributed by atoms with Gasteiger partial charge in [0.25, 0.3) is 0 Å². The van der Waals surface area contributed by atoms with E-state index < -0.39 is 5.92 Å². The molecule has 1 rings (SSSR count). The number of nitrogens with zero attached hydrogens (tertiary/aromatic N) is 3. The SMILES string of the molecule is CCCC(C)(C)CC(CN(O)C=O)C(=O)N(N)c1cc(C)ccn1. The first-order valence-electron chi connectivity index (χ1n) is 8.12. The number of aromatic nitrogens is 1. The van der Waals surface area contributed by atoms with Crippen LogP contribution in [0.25, 0.3) is 0 Å². The number of hydroxylamine groups is 2. The molecule has 0 aliphatic carbocycles. The van der Waals surface area contributed by atoms with Crippen molar-refractivity contribution in [2.75, 3.05) is 11.6 Å². The second-order valence-electron chi connectivity index (χ2n) is 6.94. The molecule has 1 aromatic rings. The van der Waals surface area contributed by atoms with Crippen molar-refractivity contribution in [2.45, 2.75) is 47.0 Å². The van der Waals surface area contributed by atoms with Crippen LogP contribution in [0.1, 0.15) is 45.6 Å². The van der Waals surface area contributed by atoms with Gasteiger partial charge in [-0.25, -0.2) is 20.9 Å². The highest BCUT2D eigenvalue weighted by Crippen LogP contribution is 2.32. The molecule has 2 amide bonds. The molecule has 0 fully saturated rings. The van der Waals surface area contributed by atoms with Gasteiger partial charge in [0, 0.05) is 6.20 Å². The van der Waals surface area contributed by atoms with Crippen LogP contribution in [0, 0.1) is 18.3 Å². The van der Waals surface area contributed by atoms with E-state index in [2.05, 4.69) is 25.8 Å². The fourth-order valence-corrected chi connectivity index (χ4v) is 2.91. The topological polar surface area (TPSA) is 99.8 Å². The zero-order valence-corrected chi connectivity index (χ0v) is 14.9. The van der Waals surface area contributed by atoms with E-state index in [1.165, 1.54) is 0 Å². The van der Waals surface area contributed by atoms with Gasteiger partial charge in [0.05, 0.1) is 12.5 Å². The first-order chi connectivity index (χ1) is 11.2. The summed E-state index contributed by atoms with van der Waals surface area (Å²) in [4.78, 5) is 27.7. The monoisotopic (exact) mass is 336 g/mol. The quantitative estimate of drug-likeness (QED) is 0.237. The summed E-state index contributed by atoms with van der Waals surface area (Å²) in [7, 11) is 0. The lowest BCUT2D eigenvalue weighted by Gasteiger charge is -2.31. The maximum absolute atomic E-state index is 12.8. The highest BCUT2D eigenvalue weighted by Gasteiger charge is 2.32. The van der Waals surface area contributed by atoms with Gasteiger partial charge in [-0.15, -0.1) is 0 Å². The van der Waals surface area contributed by atoms with Crippen LogP contribution in [0.4, 0.5) is 5.82 Å². The second kappa shape index (κ2) is 8.75. The maximum atomic E-state index is 12.8. The summed E-state index contributed by atoms with van der Waals surface area (Å²) in [6.45, 7) is 7.98. The molecule has 134 valence electrons. The fourth-order valence-electron chi connectivity index (χ4n) is 2.91. The van der Waals surface area contributed by atoms with Crippen LogP contribution in [0.15, 0.2) is 18.3 Å². The Morgan fingerprint density at radius 2 is 2.17 bits per heavy atom. The molecule has 1 heterocycles. The molecular weight excluding hydrogens is 308 g/mol. The van der Waals surface area contributed by atoms with Crippen molar-refractivity contribution in [3.8, 4) is 0 Å². The molecule has 7 heteroatoms. The highest BCUT2D eigenvalue weighted by molar-refractivity contribution is 5.93. The van der Waals surface area contributed by atoms with E-state index in [9.17, 15) is 14.8 Å². The lowest BCUT2D eigenvalue weighted by atomic mass is 9.79. The van der Waals surface area contributed by atoms with Gasteiger partial charge in [0.1, 0.15) is 5.82 Å². The summed E-state index contributed by atoms with van der Waals surface area (Å²) in [5.41, 5.74) is 0.822. The number of rotatable bonds is 9. The summed E-state index contributed by atoms with van der Waals surface area (Å²) in [5.74, 6) is 5.30. The predicted molar refractivity (Wildman–Crippen MR) is 92.0 cm³/mol. The van der Waals surface area contributed by atoms with Crippen molar-refractivity contribution in [1.82, 2.24) is 10.0 Å². The molecule has 0 saturated heterocycles. The average Bonchev–Trinajstić information content (AvgIpc) is 2.52. The minimum Gasteiger partial charge on any atom is -0.286 e. The van der Waals surface area contributed by atoms with Gasteiger partial charge in [0.2, 0.25) is 12.3 Å². The average molecular weight is 336 g/mol. The smallest absolute Gasteiger partial charge is 0.247 e. The number of hydrazine groups is 1. The van der Waals surface area contributed by atoms with Crippen molar-refractivity contribution < 1.29 is 14.8 Å². The number of carbonyl (C=O) groups is 2. The van der Waals surface area contributed by atoms with E-state index in [0.717, 1.165) is 23.4 Å². The number of nitrogens with two attached hydrogens (primary N) is 1. The van der Waals surface area contributed by atoms with Crippen LogP contribution in [-0.2, 0) is 9.59 Å². The largest absolute Gasteiger partial charge is 0.286 e. The number of amides is 2. The molecule has 24 heavy (non-hydrogen) atoms. The van der Waals surface area contributed by atoms with Crippen molar-refractivity contribution in [3.63, 3.8) is 0 Å². The van der Waals surface area contributed by atoms with Crippen molar-refractivity contribution in [3.05, 3.63) is 23.9 Å². The Kier molecular flexibility index (Phi) is 7.31. The summed E-state index contributed by atoms with van der Waals surface area (Å²) in [5, 5.41) is 11.0. The molecule has 0 saturated carbocycles. The molecule has 1 aromatic heterocycles. The fraction of sp³-hybridized carbons (Fsp3) is 0.588. The summed E-state index contributed by atoms with van der Waals surface area (Å²) in [6, 6.07) is 3.52. The Bertz CT molecular complexity index is 563. The maximum Gasteiger partial charge on any atom is 0.247 e. The van der Waals surface area contributed by atoms with Crippen molar-refractivity contribution in [2.24, 2.45) is 17.2 Å². The van der Waals surface area contributed by atoms with Crippen LogP contribution in [0.2, 0.25) is 0 Å². The van der Waals surface area contributed by atoms with Gasteiger partial charge in [-0.2, -0.15) is 0 Å². The molecule has 0 bridgehead atoms. The summed E-state index contributed by atoms with van der Waals surface area (Å²) >= 11 is 0.